The molecule has 1 heterocycles. The minimum atomic E-state index is 0.494. The topological polar surface area (TPSA) is 29.9 Å². The van der Waals surface area contributed by atoms with Gasteiger partial charge in [0.1, 0.15) is 0 Å². The molecule has 1 aliphatic rings. The van der Waals surface area contributed by atoms with Crippen molar-refractivity contribution < 1.29 is 0 Å². The van der Waals surface area contributed by atoms with Crippen LogP contribution in [0, 0.1) is 18.8 Å². The van der Waals surface area contributed by atoms with Gasteiger partial charge in [0.2, 0.25) is 0 Å². The van der Waals surface area contributed by atoms with Gasteiger partial charge in [-0.3, -0.25) is 4.68 Å². The van der Waals surface area contributed by atoms with Gasteiger partial charge in [0, 0.05) is 24.8 Å². The molecule has 1 saturated carbocycles. The smallest absolute Gasteiger partial charge is 0.0641 e. The van der Waals surface area contributed by atoms with Gasteiger partial charge in [-0.1, -0.05) is 39.5 Å². The summed E-state index contributed by atoms with van der Waals surface area (Å²) in [6.07, 6.45) is 10.3. The summed E-state index contributed by atoms with van der Waals surface area (Å²) in [5.74, 6) is 1.65. The SMILES string of the molecule is CCCNC(c1cn(C)nc1C)C1CCCCC1CC. The average molecular weight is 277 g/mol. The second kappa shape index (κ2) is 7.26. The van der Waals surface area contributed by atoms with Crippen molar-refractivity contribution in [2.24, 2.45) is 18.9 Å². The van der Waals surface area contributed by atoms with Gasteiger partial charge in [0.25, 0.3) is 0 Å². The molecule has 3 unspecified atom stereocenters. The molecule has 0 amide bonds. The van der Waals surface area contributed by atoms with Gasteiger partial charge in [-0.25, -0.2) is 0 Å². The molecule has 1 N–H and O–H groups in total. The number of aromatic nitrogens is 2. The van der Waals surface area contributed by atoms with Crippen LogP contribution in [0.1, 0.15) is 69.7 Å². The van der Waals surface area contributed by atoms with E-state index in [2.05, 4.69) is 37.4 Å². The lowest BCUT2D eigenvalue weighted by molar-refractivity contribution is 0.175. The predicted molar refractivity (Wildman–Crippen MR) is 84.7 cm³/mol. The van der Waals surface area contributed by atoms with E-state index in [4.69, 9.17) is 0 Å². The van der Waals surface area contributed by atoms with E-state index in [-0.39, 0.29) is 0 Å². The molecule has 114 valence electrons. The van der Waals surface area contributed by atoms with Crippen LogP contribution in [0.15, 0.2) is 6.20 Å². The van der Waals surface area contributed by atoms with Crippen LogP contribution < -0.4 is 5.32 Å². The molecule has 1 fully saturated rings. The van der Waals surface area contributed by atoms with Gasteiger partial charge in [-0.15, -0.1) is 0 Å². The summed E-state index contributed by atoms with van der Waals surface area (Å²) in [5.41, 5.74) is 2.62. The van der Waals surface area contributed by atoms with E-state index in [0.717, 1.165) is 18.4 Å². The number of rotatable bonds is 6. The summed E-state index contributed by atoms with van der Waals surface area (Å²) in [5, 5.41) is 8.38. The maximum Gasteiger partial charge on any atom is 0.0641 e. The Kier molecular flexibility index (Phi) is 5.64. The number of nitrogens with one attached hydrogen (secondary N) is 1. The van der Waals surface area contributed by atoms with Crippen LogP contribution in [0.3, 0.4) is 0 Å². The fraction of sp³-hybridized carbons (Fsp3) is 0.824. The molecule has 0 saturated heterocycles. The highest BCUT2D eigenvalue weighted by atomic mass is 15.3. The third-order valence-electron chi connectivity index (χ3n) is 4.92. The first-order chi connectivity index (χ1) is 9.67. The molecule has 0 bridgehead atoms. The summed E-state index contributed by atoms with van der Waals surface area (Å²) >= 11 is 0. The Morgan fingerprint density at radius 1 is 1.35 bits per heavy atom. The van der Waals surface area contributed by atoms with Gasteiger partial charge >= 0.3 is 0 Å². The van der Waals surface area contributed by atoms with Crippen LogP contribution in [0.25, 0.3) is 0 Å². The molecular weight excluding hydrogens is 246 g/mol. The highest BCUT2D eigenvalue weighted by Gasteiger charge is 2.32. The highest BCUT2D eigenvalue weighted by molar-refractivity contribution is 5.21. The molecule has 0 aliphatic heterocycles. The largest absolute Gasteiger partial charge is 0.310 e. The maximum absolute atomic E-state index is 4.56. The van der Waals surface area contributed by atoms with Crippen molar-refractivity contribution in [1.82, 2.24) is 15.1 Å². The lowest BCUT2D eigenvalue weighted by atomic mass is 9.72. The Labute approximate surface area is 124 Å². The third kappa shape index (κ3) is 3.43. The van der Waals surface area contributed by atoms with E-state index < -0.39 is 0 Å². The predicted octanol–water partition coefficient (Wildman–Crippen LogP) is 3.99. The molecule has 3 heteroatoms. The van der Waals surface area contributed by atoms with Crippen LogP contribution in [-0.2, 0) is 7.05 Å². The summed E-state index contributed by atoms with van der Waals surface area (Å²) in [6, 6.07) is 0.494. The van der Waals surface area contributed by atoms with E-state index in [9.17, 15) is 0 Å². The number of hydrogen-bond acceptors (Lipinski definition) is 2. The van der Waals surface area contributed by atoms with Crippen LogP contribution in [0.4, 0.5) is 0 Å². The van der Waals surface area contributed by atoms with E-state index in [1.807, 2.05) is 11.7 Å². The summed E-state index contributed by atoms with van der Waals surface area (Å²) in [7, 11) is 2.03. The molecule has 2 rings (SSSR count). The Hall–Kier alpha value is -0.830. The Bertz CT molecular complexity index is 410. The van der Waals surface area contributed by atoms with Gasteiger partial charge in [-0.2, -0.15) is 5.10 Å². The van der Waals surface area contributed by atoms with E-state index in [1.165, 1.54) is 49.8 Å². The Morgan fingerprint density at radius 2 is 2.10 bits per heavy atom. The zero-order valence-corrected chi connectivity index (χ0v) is 13.7. The maximum atomic E-state index is 4.56. The molecule has 1 aromatic rings. The number of aryl methyl sites for hydroxylation is 2. The second-order valence-electron chi connectivity index (χ2n) is 6.39. The monoisotopic (exact) mass is 277 g/mol. The van der Waals surface area contributed by atoms with Crippen molar-refractivity contribution in [2.45, 2.75) is 65.3 Å². The summed E-state index contributed by atoms with van der Waals surface area (Å²) < 4.78 is 1.97. The first kappa shape index (κ1) is 15.6. The second-order valence-corrected chi connectivity index (χ2v) is 6.39. The number of nitrogens with zero attached hydrogens (tertiary/aromatic N) is 2. The van der Waals surface area contributed by atoms with Crippen molar-refractivity contribution in [3.63, 3.8) is 0 Å². The zero-order valence-electron chi connectivity index (χ0n) is 13.7. The minimum Gasteiger partial charge on any atom is -0.310 e. The minimum absolute atomic E-state index is 0.494. The van der Waals surface area contributed by atoms with Gasteiger partial charge in [0.05, 0.1) is 5.69 Å². The van der Waals surface area contributed by atoms with Gasteiger partial charge in [-0.05, 0) is 38.1 Å². The van der Waals surface area contributed by atoms with E-state index in [1.54, 1.807) is 0 Å². The quantitative estimate of drug-likeness (QED) is 0.852. The van der Waals surface area contributed by atoms with E-state index in [0.29, 0.717) is 6.04 Å². The van der Waals surface area contributed by atoms with Crippen LogP contribution >= 0.6 is 0 Å². The lowest BCUT2D eigenvalue weighted by Crippen LogP contribution is -2.35. The average Bonchev–Trinajstić information content (AvgIpc) is 2.79. The normalized spacial score (nSPS) is 24.8. The highest BCUT2D eigenvalue weighted by Crippen LogP contribution is 2.40. The Morgan fingerprint density at radius 3 is 2.70 bits per heavy atom. The van der Waals surface area contributed by atoms with Gasteiger partial charge < -0.3 is 5.32 Å². The Balaban J connectivity index is 2.23. The summed E-state index contributed by atoms with van der Waals surface area (Å²) in [4.78, 5) is 0. The van der Waals surface area contributed by atoms with E-state index >= 15 is 0 Å². The van der Waals surface area contributed by atoms with Crippen molar-refractivity contribution in [2.75, 3.05) is 6.54 Å². The standard InChI is InChI=1S/C17H31N3/c1-5-11-18-17(16-12-20(4)19-13(16)3)15-10-8-7-9-14(15)6-2/h12,14-15,17-18H,5-11H2,1-4H3. The first-order valence-electron chi connectivity index (χ1n) is 8.40. The molecule has 0 aromatic carbocycles. The lowest BCUT2D eigenvalue weighted by Gasteiger charge is -2.37. The molecule has 0 radical (unpaired) electrons. The fourth-order valence-electron chi connectivity index (χ4n) is 3.90. The van der Waals surface area contributed by atoms with Crippen LogP contribution in [0.5, 0.6) is 0 Å². The van der Waals surface area contributed by atoms with Crippen molar-refractivity contribution >= 4 is 0 Å². The number of hydrogen-bond donors (Lipinski definition) is 1. The third-order valence-corrected chi connectivity index (χ3v) is 4.92. The first-order valence-corrected chi connectivity index (χ1v) is 8.40. The van der Waals surface area contributed by atoms with Crippen LogP contribution in [-0.4, -0.2) is 16.3 Å². The van der Waals surface area contributed by atoms with Crippen LogP contribution in [0.2, 0.25) is 0 Å². The molecule has 3 nitrogen and oxygen atoms in total. The molecule has 1 aliphatic carbocycles. The summed E-state index contributed by atoms with van der Waals surface area (Å²) in [6.45, 7) is 7.86. The van der Waals surface area contributed by atoms with Crippen molar-refractivity contribution in [3.8, 4) is 0 Å². The van der Waals surface area contributed by atoms with Crippen molar-refractivity contribution in [3.05, 3.63) is 17.5 Å². The molecular formula is C17H31N3. The molecule has 3 atom stereocenters. The molecule has 20 heavy (non-hydrogen) atoms. The molecule has 1 aromatic heterocycles. The fourth-order valence-corrected chi connectivity index (χ4v) is 3.90. The zero-order chi connectivity index (χ0) is 14.5. The van der Waals surface area contributed by atoms with Gasteiger partial charge in [0.15, 0.2) is 0 Å². The molecule has 0 spiro atoms. The van der Waals surface area contributed by atoms with Crippen molar-refractivity contribution in [1.29, 1.82) is 0 Å².